The largest absolute Gasteiger partial charge is 0.205 e. The Hall–Kier alpha value is 0.0400. The quantitative estimate of drug-likeness (QED) is 0.542. The SMILES string of the molecule is CCc1cc(Br)c(F)c(Br)c1F. The first kappa shape index (κ1) is 10.1. The topological polar surface area (TPSA) is 0 Å². The summed E-state index contributed by atoms with van der Waals surface area (Å²) in [5.74, 6) is -1.11. The molecule has 0 aromatic heterocycles. The Bertz CT molecular complexity index is 310. The molecule has 0 saturated heterocycles. The van der Waals surface area contributed by atoms with Crippen LogP contribution in [0.1, 0.15) is 12.5 Å². The highest BCUT2D eigenvalue weighted by molar-refractivity contribution is 9.11. The summed E-state index contributed by atoms with van der Waals surface area (Å²) in [4.78, 5) is 0. The lowest BCUT2D eigenvalue weighted by molar-refractivity contribution is 0.558. The fourth-order valence-electron chi connectivity index (χ4n) is 0.879. The Morgan fingerprint density at radius 2 is 1.83 bits per heavy atom. The molecule has 0 saturated carbocycles. The van der Waals surface area contributed by atoms with Gasteiger partial charge in [0.25, 0.3) is 0 Å². The third-order valence-electron chi connectivity index (χ3n) is 1.56. The van der Waals surface area contributed by atoms with Crippen molar-refractivity contribution in [3.8, 4) is 0 Å². The van der Waals surface area contributed by atoms with Crippen LogP contribution in [0.5, 0.6) is 0 Å². The Morgan fingerprint density at radius 1 is 1.25 bits per heavy atom. The first-order valence-corrected chi connectivity index (χ1v) is 4.98. The van der Waals surface area contributed by atoms with Gasteiger partial charge in [-0.2, -0.15) is 0 Å². The smallest absolute Gasteiger partial charge is 0.154 e. The lowest BCUT2D eigenvalue weighted by Crippen LogP contribution is -1.93. The Morgan fingerprint density at radius 3 is 2.33 bits per heavy atom. The maximum Gasteiger partial charge on any atom is 0.154 e. The fraction of sp³-hybridized carbons (Fsp3) is 0.250. The fourth-order valence-corrected chi connectivity index (χ4v) is 2.09. The van der Waals surface area contributed by atoms with Crippen LogP contribution >= 0.6 is 31.9 Å². The average molecular weight is 300 g/mol. The van der Waals surface area contributed by atoms with Crippen molar-refractivity contribution < 1.29 is 8.78 Å². The van der Waals surface area contributed by atoms with E-state index in [2.05, 4.69) is 31.9 Å². The second kappa shape index (κ2) is 3.83. The lowest BCUT2D eigenvalue weighted by Gasteiger charge is -2.04. The zero-order chi connectivity index (χ0) is 9.30. The molecule has 0 N–H and O–H groups in total. The molecule has 0 amide bonds. The molecule has 0 aliphatic heterocycles. The van der Waals surface area contributed by atoms with E-state index in [0.29, 0.717) is 12.0 Å². The van der Waals surface area contributed by atoms with Crippen LogP contribution in [0.3, 0.4) is 0 Å². The van der Waals surface area contributed by atoms with E-state index in [1.54, 1.807) is 0 Å². The number of hydrogen-bond acceptors (Lipinski definition) is 0. The molecule has 0 nitrogen and oxygen atoms in total. The summed E-state index contributed by atoms with van der Waals surface area (Å²) >= 11 is 5.84. The van der Waals surface area contributed by atoms with Gasteiger partial charge in [-0.1, -0.05) is 6.92 Å². The molecule has 12 heavy (non-hydrogen) atoms. The van der Waals surface area contributed by atoms with Gasteiger partial charge in [0.15, 0.2) is 5.82 Å². The van der Waals surface area contributed by atoms with Gasteiger partial charge in [-0.3, -0.25) is 0 Å². The van der Waals surface area contributed by atoms with Gasteiger partial charge in [-0.25, -0.2) is 8.78 Å². The van der Waals surface area contributed by atoms with Crippen LogP contribution in [0, 0.1) is 11.6 Å². The molecule has 0 spiro atoms. The van der Waals surface area contributed by atoms with E-state index in [1.165, 1.54) is 6.07 Å². The third kappa shape index (κ3) is 1.69. The highest BCUT2D eigenvalue weighted by atomic mass is 79.9. The molecule has 4 heteroatoms. The van der Waals surface area contributed by atoms with Gasteiger partial charge < -0.3 is 0 Å². The van der Waals surface area contributed by atoms with Crippen molar-refractivity contribution in [2.75, 3.05) is 0 Å². The van der Waals surface area contributed by atoms with Crippen molar-refractivity contribution in [3.05, 3.63) is 32.2 Å². The molecule has 0 heterocycles. The number of rotatable bonds is 1. The van der Waals surface area contributed by atoms with Crippen LogP contribution in [0.4, 0.5) is 8.78 Å². The summed E-state index contributed by atoms with van der Waals surface area (Å²) in [6, 6.07) is 1.45. The zero-order valence-electron chi connectivity index (χ0n) is 6.30. The van der Waals surface area contributed by atoms with Crippen molar-refractivity contribution in [3.63, 3.8) is 0 Å². The third-order valence-corrected chi connectivity index (χ3v) is 2.83. The lowest BCUT2D eigenvalue weighted by atomic mass is 10.1. The number of benzene rings is 1. The monoisotopic (exact) mass is 298 g/mol. The molecule has 0 fully saturated rings. The Labute approximate surface area is 86.2 Å². The second-order valence-electron chi connectivity index (χ2n) is 2.31. The Balaban J connectivity index is 3.39. The van der Waals surface area contributed by atoms with E-state index < -0.39 is 11.6 Å². The molecular weight excluding hydrogens is 294 g/mol. The maximum atomic E-state index is 13.1. The second-order valence-corrected chi connectivity index (χ2v) is 3.96. The molecule has 0 bridgehead atoms. The summed E-state index contributed by atoms with van der Waals surface area (Å²) in [7, 11) is 0. The van der Waals surface area contributed by atoms with Gasteiger partial charge in [0, 0.05) is 0 Å². The van der Waals surface area contributed by atoms with Crippen molar-refractivity contribution in [2.24, 2.45) is 0 Å². The first-order valence-electron chi connectivity index (χ1n) is 3.39. The highest BCUT2D eigenvalue weighted by Gasteiger charge is 2.13. The van der Waals surface area contributed by atoms with Crippen LogP contribution in [0.25, 0.3) is 0 Å². The minimum Gasteiger partial charge on any atom is -0.205 e. The minimum absolute atomic E-state index is 0.103. The molecule has 0 radical (unpaired) electrons. The Kier molecular flexibility index (Phi) is 3.23. The van der Waals surface area contributed by atoms with Gasteiger partial charge in [0.1, 0.15) is 5.82 Å². The van der Waals surface area contributed by atoms with Crippen LogP contribution in [0.2, 0.25) is 0 Å². The van der Waals surface area contributed by atoms with Crippen molar-refractivity contribution in [1.29, 1.82) is 0 Å². The van der Waals surface area contributed by atoms with E-state index in [1.807, 2.05) is 6.92 Å². The van der Waals surface area contributed by atoms with Gasteiger partial charge in [-0.05, 0) is 49.9 Å². The van der Waals surface area contributed by atoms with Crippen LogP contribution in [-0.4, -0.2) is 0 Å². The van der Waals surface area contributed by atoms with Crippen molar-refractivity contribution in [2.45, 2.75) is 13.3 Å². The standard InChI is InChI=1S/C8H6Br2F2/c1-2-4-3-5(9)8(12)6(10)7(4)11/h3H,2H2,1H3. The molecule has 1 aromatic carbocycles. The molecular formula is C8H6Br2F2. The maximum absolute atomic E-state index is 13.1. The van der Waals surface area contributed by atoms with E-state index in [9.17, 15) is 8.78 Å². The average Bonchev–Trinajstić information content (AvgIpc) is 2.08. The van der Waals surface area contributed by atoms with E-state index in [0.717, 1.165) is 0 Å². The van der Waals surface area contributed by atoms with Crippen LogP contribution in [0.15, 0.2) is 15.0 Å². The summed E-state index contributed by atoms with van der Waals surface area (Å²) < 4.78 is 26.3. The predicted octanol–water partition coefficient (Wildman–Crippen LogP) is 4.05. The molecule has 1 aromatic rings. The van der Waals surface area contributed by atoms with Gasteiger partial charge in [0.05, 0.1) is 8.95 Å². The highest BCUT2D eigenvalue weighted by Crippen LogP contribution is 2.29. The normalized spacial score (nSPS) is 10.4. The summed E-state index contributed by atoms with van der Waals surface area (Å²) in [5, 5.41) is 0. The van der Waals surface area contributed by atoms with Crippen molar-refractivity contribution >= 4 is 31.9 Å². The van der Waals surface area contributed by atoms with E-state index in [-0.39, 0.29) is 8.95 Å². The van der Waals surface area contributed by atoms with Gasteiger partial charge >= 0.3 is 0 Å². The molecule has 66 valence electrons. The first-order chi connectivity index (χ1) is 5.57. The molecule has 0 aliphatic rings. The van der Waals surface area contributed by atoms with E-state index >= 15 is 0 Å². The molecule has 0 unspecified atom stereocenters. The van der Waals surface area contributed by atoms with Gasteiger partial charge in [-0.15, -0.1) is 0 Å². The summed E-state index contributed by atoms with van der Waals surface area (Å²) in [6.45, 7) is 1.81. The number of halogens is 4. The number of aryl methyl sites for hydroxylation is 1. The van der Waals surface area contributed by atoms with E-state index in [4.69, 9.17) is 0 Å². The zero-order valence-corrected chi connectivity index (χ0v) is 9.47. The summed E-state index contributed by atoms with van der Waals surface area (Å²) in [6.07, 6.45) is 0.545. The van der Waals surface area contributed by atoms with Crippen molar-refractivity contribution in [1.82, 2.24) is 0 Å². The summed E-state index contributed by atoms with van der Waals surface area (Å²) in [5.41, 5.74) is 0.496. The van der Waals surface area contributed by atoms with Gasteiger partial charge in [0.2, 0.25) is 0 Å². The minimum atomic E-state index is -0.593. The molecule has 1 rings (SSSR count). The number of hydrogen-bond donors (Lipinski definition) is 0. The molecule has 0 atom stereocenters. The molecule has 0 aliphatic carbocycles. The van der Waals surface area contributed by atoms with Crippen LogP contribution in [-0.2, 0) is 6.42 Å². The van der Waals surface area contributed by atoms with Crippen LogP contribution < -0.4 is 0 Å². The predicted molar refractivity (Wildman–Crippen MR) is 51.1 cm³/mol.